The zero-order valence-corrected chi connectivity index (χ0v) is 14.6. The predicted molar refractivity (Wildman–Crippen MR) is 103 cm³/mol. The van der Waals surface area contributed by atoms with Gasteiger partial charge in [-0.2, -0.15) is 0 Å². The number of carbonyl (C=O) groups excluding carboxylic acids is 1. The van der Waals surface area contributed by atoms with Crippen LogP contribution < -0.4 is 10.1 Å². The van der Waals surface area contributed by atoms with Crippen molar-refractivity contribution in [3.05, 3.63) is 84.7 Å². The van der Waals surface area contributed by atoms with E-state index >= 15 is 0 Å². The molecule has 0 fully saturated rings. The number of carbonyl (C=O) groups is 1. The van der Waals surface area contributed by atoms with Gasteiger partial charge in [0.15, 0.2) is 0 Å². The van der Waals surface area contributed by atoms with Gasteiger partial charge in [0.1, 0.15) is 24.6 Å². The van der Waals surface area contributed by atoms with Gasteiger partial charge in [-0.05, 0) is 23.6 Å². The number of fused-ring (bicyclic) bond motifs is 1. The molecule has 27 heavy (non-hydrogen) atoms. The Bertz CT molecular complexity index is 1050. The molecule has 1 aromatic heterocycles. The van der Waals surface area contributed by atoms with E-state index in [0.717, 1.165) is 22.2 Å². The van der Waals surface area contributed by atoms with Crippen molar-refractivity contribution < 1.29 is 9.53 Å². The molecule has 0 aliphatic rings. The Morgan fingerprint density at radius 2 is 1.74 bits per heavy atom. The molecule has 6 nitrogen and oxygen atoms in total. The van der Waals surface area contributed by atoms with Crippen molar-refractivity contribution in [3.63, 3.8) is 0 Å². The number of aromatic nitrogens is 3. The Morgan fingerprint density at radius 1 is 0.963 bits per heavy atom. The molecule has 6 heteroatoms. The van der Waals surface area contributed by atoms with Crippen molar-refractivity contribution in [1.29, 1.82) is 0 Å². The van der Waals surface area contributed by atoms with E-state index in [1.165, 1.54) is 4.68 Å². The Labute approximate surface area is 156 Å². The van der Waals surface area contributed by atoms with E-state index in [-0.39, 0.29) is 19.1 Å². The number of para-hydroxylation sites is 1. The lowest BCUT2D eigenvalue weighted by molar-refractivity contribution is -0.116. The van der Waals surface area contributed by atoms with Gasteiger partial charge in [0.05, 0.1) is 6.20 Å². The normalized spacial score (nSPS) is 10.7. The van der Waals surface area contributed by atoms with Crippen LogP contribution in [0.15, 0.2) is 79.0 Å². The molecule has 4 rings (SSSR count). The fraction of sp³-hybridized carbons (Fsp3) is 0.0952. The molecule has 0 aliphatic carbocycles. The summed E-state index contributed by atoms with van der Waals surface area (Å²) in [6.45, 7) is 0.379. The van der Waals surface area contributed by atoms with Crippen molar-refractivity contribution in [2.75, 3.05) is 5.32 Å². The van der Waals surface area contributed by atoms with Crippen LogP contribution in [0.4, 0.5) is 5.69 Å². The standard InChI is InChI=1S/C21H18N4O2/c26-21(22-17-9-2-1-3-10-17)14-25-13-18(23-24-25)15-27-20-12-6-8-16-7-4-5-11-19(16)20/h1-13H,14-15H2,(H,22,26). The molecule has 0 saturated heterocycles. The van der Waals surface area contributed by atoms with Gasteiger partial charge >= 0.3 is 0 Å². The van der Waals surface area contributed by atoms with Gasteiger partial charge in [-0.3, -0.25) is 4.79 Å². The Balaban J connectivity index is 1.37. The molecule has 1 amide bonds. The zero-order chi connectivity index (χ0) is 18.5. The highest BCUT2D eigenvalue weighted by Gasteiger charge is 2.08. The summed E-state index contributed by atoms with van der Waals surface area (Å²) < 4.78 is 7.40. The number of anilines is 1. The summed E-state index contributed by atoms with van der Waals surface area (Å²) in [7, 11) is 0. The minimum Gasteiger partial charge on any atom is -0.487 e. The first kappa shape index (κ1) is 16.8. The third kappa shape index (κ3) is 4.12. The Kier molecular flexibility index (Phi) is 4.78. The quantitative estimate of drug-likeness (QED) is 0.571. The van der Waals surface area contributed by atoms with E-state index in [1.54, 1.807) is 6.20 Å². The molecular weight excluding hydrogens is 340 g/mol. The monoisotopic (exact) mass is 358 g/mol. The predicted octanol–water partition coefficient (Wildman–Crippen LogP) is 3.65. The first-order valence-corrected chi connectivity index (χ1v) is 8.62. The lowest BCUT2D eigenvalue weighted by Gasteiger charge is -2.07. The molecule has 0 aliphatic heterocycles. The van der Waals surface area contributed by atoms with Crippen LogP contribution in [-0.4, -0.2) is 20.9 Å². The Morgan fingerprint density at radius 3 is 2.63 bits per heavy atom. The average molecular weight is 358 g/mol. The minimum atomic E-state index is -0.160. The first-order chi connectivity index (χ1) is 13.3. The molecule has 3 aromatic carbocycles. The summed E-state index contributed by atoms with van der Waals surface area (Å²) in [6, 6.07) is 23.3. The SMILES string of the molecule is O=C(Cn1cc(COc2cccc3ccccc23)nn1)Nc1ccccc1. The molecule has 0 bridgehead atoms. The first-order valence-electron chi connectivity index (χ1n) is 8.62. The average Bonchev–Trinajstić information content (AvgIpc) is 3.14. The van der Waals surface area contributed by atoms with Crippen molar-refractivity contribution in [2.45, 2.75) is 13.2 Å². The largest absolute Gasteiger partial charge is 0.487 e. The number of rotatable bonds is 6. The molecule has 0 atom stereocenters. The fourth-order valence-corrected chi connectivity index (χ4v) is 2.82. The number of nitrogens with one attached hydrogen (secondary N) is 1. The van der Waals surface area contributed by atoms with Gasteiger partial charge in [-0.25, -0.2) is 4.68 Å². The van der Waals surface area contributed by atoms with Gasteiger partial charge in [-0.15, -0.1) is 5.10 Å². The van der Waals surface area contributed by atoms with Crippen molar-refractivity contribution >= 4 is 22.4 Å². The van der Waals surface area contributed by atoms with Gasteiger partial charge in [0.25, 0.3) is 0 Å². The third-order valence-electron chi connectivity index (χ3n) is 4.07. The van der Waals surface area contributed by atoms with Crippen molar-refractivity contribution in [3.8, 4) is 5.75 Å². The van der Waals surface area contributed by atoms with Crippen LogP contribution in [0, 0.1) is 0 Å². The maximum Gasteiger partial charge on any atom is 0.246 e. The highest BCUT2D eigenvalue weighted by Crippen LogP contribution is 2.25. The lowest BCUT2D eigenvalue weighted by atomic mass is 10.1. The molecule has 1 N–H and O–H groups in total. The summed E-state index contributed by atoms with van der Waals surface area (Å²) in [5.41, 5.74) is 1.41. The summed E-state index contributed by atoms with van der Waals surface area (Å²) in [5, 5.41) is 13.1. The second-order valence-corrected chi connectivity index (χ2v) is 6.09. The van der Waals surface area contributed by atoms with E-state index in [1.807, 2.05) is 72.8 Å². The second kappa shape index (κ2) is 7.70. The number of ether oxygens (including phenoxy) is 1. The molecule has 4 aromatic rings. The number of amides is 1. The van der Waals surface area contributed by atoms with Crippen LogP contribution in [-0.2, 0) is 17.9 Å². The third-order valence-corrected chi connectivity index (χ3v) is 4.07. The minimum absolute atomic E-state index is 0.0934. The second-order valence-electron chi connectivity index (χ2n) is 6.09. The van der Waals surface area contributed by atoms with Crippen LogP contribution in [0.3, 0.4) is 0 Å². The summed E-state index contributed by atoms with van der Waals surface area (Å²) in [5.74, 6) is 0.636. The molecule has 0 unspecified atom stereocenters. The van der Waals surface area contributed by atoms with Crippen molar-refractivity contribution in [1.82, 2.24) is 15.0 Å². The zero-order valence-electron chi connectivity index (χ0n) is 14.6. The fourth-order valence-electron chi connectivity index (χ4n) is 2.82. The van der Waals surface area contributed by atoms with Crippen LogP contribution in [0.2, 0.25) is 0 Å². The maximum absolute atomic E-state index is 12.1. The van der Waals surface area contributed by atoms with Crippen molar-refractivity contribution in [2.24, 2.45) is 0 Å². The van der Waals surface area contributed by atoms with E-state index in [4.69, 9.17) is 4.74 Å². The van der Waals surface area contributed by atoms with Crippen LogP contribution in [0.25, 0.3) is 10.8 Å². The van der Waals surface area contributed by atoms with E-state index in [9.17, 15) is 4.79 Å². The van der Waals surface area contributed by atoms with Gasteiger partial charge in [-0.1, -0.05) is 59.8 Å². The summed E-state index contributed by atoms with van der Waals surface area (Å²) in [4.78, 5) is 12.1. The number of hydrogen-bond donors (Lipinski definition) is 1. The van der Waals surface area contributed by atoms with Crippen LogP contribution >= 0.6 is 0 Å². The maximum atomic E-state index is 12.1. The topological polar surface area (TPSA) is 69.0 Å². The number of hydrogen-bond acceptors (Lipinski definition) is 4. The van der Waals surface area contributed by atoms with Gasteiger partial charge in [0.2, 0.25) is 5.91 Å². The number of nitrogens with zero attached hydrogens (tertiary/aromatic N) is 3. The molecule has 134 valence electrons. The lowest BCUT2D eigenvalue weighted by Crippen LogP contribution is -2.19. The number of benzene rings is 3. The smallest absolute Gasteiger partial charge is 0.246 e. The molecule has 0 spiro atoms. The molecular formula is C21H18N4O2. The molecule has 1 heterocycles. The summed E-state index contributed by atoms with van der Waals surface area (Å²) >= 11 is 0. The van der Waals surface area contributed by atoms with Gasteiger partial charge in [0, 0.05) is 11.1 Å². The highest BCUT2D eigenvalue weighted by atomic mass is 16.5. The Hall–Kier alpha value is -3.67. The van der Waals surface area contributed by atoms with E-state index in [2.05, 4.69) is 15.6 Å². The molecule has 0 saturated carbocycles. The van der Waals surface area contributed by atoms with Crippen LogP contribution in [0.5, 0.6) is 5.75 Å². The molecule has 0 radical (unpaired) electrons. The van der Waals surface area contributed by atoms with E-state index in [0.29, 0.717) is 5.69 Å². The van der Waals surface area contributed by atoms with Gasteiger partial charge < -0.3 is 10.1 Å². The summed E-state index contributed by atoms with van der Waals surface area (Å²) in [6.07, 6.45) is 1.72. The van der Waals surface area contributed by atoms with E-state index < -0.39 is 0 Å². The van der Waals surface area contributed by atoms with Crippen LogP contribution in [0.1, 0.15) is 5.69 Å². The highest BCUT2D eigenvalue weighted by molar-refractivity contribution is 5.90.